The molecule has 0 bridgehead atoms. The van der Waals surface area contributed by atoms with Crippen LogP contribution >= 0.6 is 11.3 Å². The third kappa shape index (κ3) is 2.55. The van der Waals surface area contributed by atoms with Gasteiger partial charge in [-0.25, -0.2) is 10.2 Å². The first kappa shape index (κ1) is 9.73. The van der Waals surface area contributed by atoms with E-state index in [0.29, 0.717) is 5.71 Å². The van der Waals surface area contributed by atoms with Gasteiger partial charge < -0.3 is 5.11 Å². The summed E-state index contributed by atoms with van der Waals surface area (Å²) in [6.45, 7) is 3.74. The molecule has 5 heteroatoms. The molecule has 70 valence electrons. The molecule has 2 N–H and O–H groups in total. The zero-order valence-electron chi connectivity index (χ0n) is 7.37. The number of carboxylic acid groups (broad SMARTS) is 1. The molecule has 0 spiro atoms. The van der Waals surface area contributed by atoms with Gasteiger partial charge >= 0.3 is 6.09 Å². The predicted octanol–water partition coefficient (Wildman–Crippen LogP) is 2.05. The van der Waals surface area contributed by atoms with Crippen molar-refractivity contribution >= 4 is 23.1 Å². The number of nitrogens with one attached hydrogen (secondary N) is 1. The molecule has 0 aliphatic rings. The molecular formula is C8H10N2O2S. The Kier molecular flexibility index (Phi) is 3.02. The number of hydrogen-bond acceptors (Lipinski definition) is 3. The Morgan fingerprint density at radius 3 is 2.85 bits per heavy atom. The summed E-state index contributed by atoms with van der Waals surface area (Å²) in [7, 11) is 0. The summed E-state index contributed by atoms with van der Waals surface area (Å²) in [5.74, 6) is 0. The summed E-state index contributed by atoms with van der Waals surface area (Å²) in [5, 5.41) is 14.0. The Morgan fingerprint density at radius 2 is 2.38 bits per heavy atom. The predicted molar refractivity (Wildman–Crippen MR) is 52.4 cm³/mol. The Labute approximate surface area is 79.9 Å². The molecule has 13 heavy (non-hydrogen) atoms. The maximum Gasteiger partial charge on any atom is 0.425 e. The second kappa shape index (κ2) is 4.04. The maximum absolute atomic E-state index is 10.1. The number of nitrogens with zero attached hydrogens (tertiary/aromatic N) is 1. The van der Waals surface area contributed by atoms with Gasteiger partial charge in [0.15, 0.2) is 0 Å². The Morgan fingerprint density at radius 1 is 1.69 bits per heavy atom. The van der Waals surface area contributed by atoms with Gasteiger partial charge in [-0.05, 0) is 30.9 Å². The van der Waals surface area contributed by atoms with E-state index in [9.17, 15) is 4.79 Å². The monoisotopic (exact) mass is 198 g/mol. The van der Waals surface area contributed by atoms with Crippen molar-refractivity contribution < 1.29 is 9.90 Å². The molecule has 0 aliphatic carbocycles. The number of hydrogen-bond donors (Lipinski definition) is 2. The molecule has 4 nitrogen and oxygen atoms in total. The lowest BCUT2D eigenvalue weighted by Gasteiger charge is -1.97. The van der Waals surface area contributed by atoms with Crippen LogP contribution in [0.2, 0.25) is 0 Å². The molecule has 0 radical (unpaired) electrons. The Balaban J connectivity index is 2.78. The highest BCUT2D eigenvalue weighted by molar-refractivity contribution is 7.12. The molecule has 1 heterocycles. The summed E-state index contributed by atoms with van der Waals surface area (Å²) < 4.78 is 0. The first-order valence-electron chi connectivity index (χ1n) is 3.69. The van der Waals surface area contributed by atoms with Gasteiger partial charge in [-0.3, -0.25) is 0 Å². The van der Waals surface area contributed by atoms with Gasteiger partial charge in [0, 0.05) is 0 Å². The molecule has 1 aromatic heterocycles. The highest BCUT2D eigenvalue weighted by Crippen LogP contribution is 2.15. The Bertz CT molecular complexity index is 344. The van der Waals surface area contributed by atoms with Gasteiger partial charge in [-0.2, -0.15) is 5.10 Å². The minimum Gasteiger partial charge on any atom is -0.464 e. The highest BCUT2D eigenvalue weighted by Gasteiger charge is 2.03. The van der Waals surface area contributed by atoms with Crippen LogP contribution in [0.15, 0.2) is 16.5 Å². The van der Waals surface area contributed by atoms with E-state index in [4.69, 9.17) is 5.11 Å². The minimum atomic E-state index is -1.14. The van der Waals surface area contributed by atoms with E-state index in [1.807, 2.05) is 23.8 Å². The van der Waals surface area contributed by atoms with Crippen LogP contribution in [0, 0.1) is 6.92 Å². The average molecular weight is 198 g/mol. The number of amides is 1. The third-order valence-corrected chi connectivity index (χ3v) is 2.64. The van der Waals surface area contributed by atoms with E-state index < -0.39 is 6.09 Å². The lowest BCUT2D eigenvalue weighted by Crippen LogP contribution is -2.15. The topological polar surface area (TPSA) is 61.7 Å². The fraction of sp³-hybridized carbons (Fsp3) is 0.250. The summed E-state index contributed by atoms with van der Waals surface area (Å²) in [6.07, 6.45) is -1.14. The zero-order chi connectivity index (χ0) is 9.84. The Hall–Kier alpha value is -1.36. The fourth-order valence-corrected chi connectivity index (χ4v) is 1.80. The van der Waals surface area contributed by atoms with Crippen molar-refractivity contribution in [2.75, 3.05) is 0 Å². The second-order valence-electron chi connectivity index (χ2n) is 2.55. The molecule has 0 saturated carbocycles. The van der Waals surface area contributed by atoms with Crippen LogP contribution in [-0.2, 0) is 0 Å². The first-order chi connectivity index (χ1) is 6.11. The van der Waals surface area contributed by atoms with E-state index in [1.165, 1.54) is 0 Å². The zero-order valence-corrected chi connectivity index (χ0v) is 8.18. The van der Waals surface area contributed by atoms with Gasteiger partial charge in [0.25, 0.3) is 0 Å². The molecule has 0 fully saturated rings. The molecule has 1 amide bonds. The van der Waals surface area contributed by atoms with Crippen molar-refractivity contribution in [2.24, 2.45) is 5.10 Å². The van der Waals surface area contributed by atoms with Crippen LogP contribution in [0.4, 0.5) is 4.79 Å². The van der Waals surface area contributed by atoms with Crippen LogP contribution in [-0.4, -0.2) is 16.9 Å². The fourth-order valence-electron chi connectivity index (χ4n) is 0.926. The van der Waals surface area contributed by atoms with E-state index in [0.717, 1.165) is 10.4 Å². The summed E-state index contributed by atoms with van der Waals surface area (Å²) in [5.41, 5.74) is 3.77. The smallest absolute Gasteiger partial charge is 0.425 e. The number of aryl methyl sites for hydroxylation is 1. The molecule has 0 unspecified atom stereocenters. The van der Waals surface area contributed by atoms with Crippen molar-refractivity contribution in [3.05, 3.63) is 21.9 Å². The standard InChI is InChI=1S/C8H10N2O2S/c1-5-3-4-13-7(5)6(2)9-10-8(11)12/h3-4,10H,1-2H3,(H,11,12)/b9-6-. The first-order valence-corrected chi connectivity index (χ1v) is 4.57. The average Bonchev–Trinajstić information content (AvgIpc) is 2.47. The van der Waals surface area contributed by atoms with Gasteiger partial charge in [-0.1, -0.05) is 0 Å². The molecule has 0 atom stereocenters. The van der Waals surface area contributed by atoms with Gasteiger partial charge in [-0.15, -0.1) is 11.3 Å². The van der Waals surface area contributed by atoms with Crippen LogP contribution in [0.25, 0.3) is 0 Å². The van der Waals surface area contributed by atoms with Crippen LogP contribution in [0.5, 0.6) is 0 Å². The van der Waals surface area contributed by atoms with Gasteiger partial charge in [0.2, 0.25) is 0 Å². The number of thiophene rings is 1. The van der Waals surface area contributed by atoms with Crippen molar-refractivity contribution in [1.29, 1.82) is 0 Å². The second-order valence-corrected chi connectivity index (χ2v) is 3.46. The lowest BCUT2D eigenvalue weighted by molar-refractivity contribution is 0.195. The highest BCUT2D eigenvalue weighted by atomic mass is 32.1. The van der Waals surface area contributed by atoms with Crippen molar-refractivity contribution in [1.82, 2.24) is 5.43 Å². The van der Waals surface area contributed by atoms with E-state index in [1.54, 1.807) is 18.3 Å². The van der Waals surface area contributed by atoms with Crippen LogP contribution in [0.1, 0.15) is 17.4 Å². The minimum absolute atomic E-state index is 0.690. The summed E-state index contributed by atoms with van der Waals surface area (Å²) in [4.78, 5) is 11.2. The largest absolute Gasteiger partial charge is 0.464 e. The summed E-state index contributed by atoms with van der Waals surface area (Å²) >= 11 is 1.55. The molecular weight excluding hydrogens is 188 g/mol. The maximum atomic E-state index is 10.1. The number of carbonyl (C=O) groups is 1. The molecule has 0 aliphatic heterocycles. The van der Waals surface area contributed by atoms with Gasteiger partial charge in [0.05, 0.1) is 10.6 Å². The lowest BCUT2D eigenvalue weighted by atomic mass is 10.2. The van der Waals surface area contributed by atoms with Crippen molar-refractivity contribution in [3.63, 3.8) is 0 Å². The normalized spacial score (nSPS) is 11.4. The SMILES string of the molecule is C/C(=N/NC(=O)O)c1sccc1C. The molecule has 1 rings (SSSR count). The molecule has 0 aromatic carbocycles. The number of rotatable bonds is 2. The van der Waals surface area contributed by atoms with E-state index >= 15 is 0 Å². The van der Waals surface area contributed by atoms with Crippen LogP contribution < -0.4 is 5.43 Å². The quantitative estimate of drug-likeness (QED) is 0.564. The third-order valence-electron chi connectivity index (χ3n) is 1.51. The van der Waals surface area contributed by atoms with Gasteiger partial charge in [0.1, 0.15) is 0 Å². The van der Waals surface area contributed by atoms with E-state index in [-0.39, 0.29) is 0 Å². The number of hydrazone groups is 1. The van der Waals surface area contributed by atoms with E-state index in [2.05, 4.69) is 5.10 Å². The van der Waals surface area contributed by atoms with Crippen LogP contribution in [0.3, 0.4) is 0 Å². The summed E-state index contributed by atoms with van der Waals surface area (Å²) in [6, 6.07) is 1.97. The van der Waals surface area contributed by atoms with Crippen molar-refractivity contribution in [2.45, 2.75) is 13.8 Å². The molecule has 0 saturated heterocycles. The molecule has 1 aromatic rings. The van der Waals surface area contributed by atoms with Crippen molar-refractivity contribution in [3.8, 4) is 0 Å².